The highest BCUT2D eigenvalue weighted by atomic mass is 16.6. The maximum absolute atomic E-state index is 12.6. The molecule has 1 aromatic rings. The maximum atomic E-state index is 12.6. The average molecular weight is 418 g/mol. The lowest BCUT2D eigenvalue weighted by Crippen LogP contribution is -2.63. The summed E-state index contributed by atoms with van der Waals surface area (Å²) in [5.74, 6) is 0.973. The number of hydrogen-bond donors (Lipinski definition) is 2. The highest BCUT2D eigenvalue weighted by molar-refractivity contribution is 5.93. The molecule has 0 saturated carbocycles. The lowest BCUT2D eigenvalue weighted by molar-refractivity contribution is -0.149. The van der Waals surface area contributed by atoms with Crippen molar-refractivity contribution in [1.82, 2.24) is 15.5 Å². The molecule has 0 spiro atoms. The van der Waals surface area contributed by atoms with Crippen molar-refractivity contribution >= 4 is 17.7 Å². The SMILES string of the molecule is CC(C)[C@@H](NC(=O)CCC(=O)N1CCNC(=O)C1(C)C)c1ccc2c(c1)OCCO2. The third kappa shape index (κ3) is 4.68. The van der Waals surface area contributed by atoms with Crippen molar-refractivity contribution in [2.75, 3.05) is 26.3 Å². The van der Waals surface area contributed by atoms with Gasteiger partial charge in [0.2, 0.25) is 17.7 Å². The molecule has 0 aromatic heterocycles. The standard InChI is InChI=1S/C22H31N3O5/c1-14(2)20(15-5-6-16-17(13-15)30-12-11-29-16)24-18(26)7-8-19(27)25-10-9-23-21(28)22(25,3)4/h5-6,13-14,20H,7-12H2,1-4H3,(H,23,28)(H,24,26)/t20-/m1/s1. The number of piperazine rings is 1. The van der Waals surface area contributed by atoms with Gasteiger partial charge in [-0.2, -0.15) is 0 Å². The molecule has 0 aliphatic carbocycles. The Morgan fingerprint density at radius 2 is 1.87 bits per heavy atom. The van der Waals surface area contributed by atoms with Crippen LogP contribution in [-0.4, -0.2) is 54.5 Å². The number of hydrogen-bond acceptors (Lipinski definition) is 5. The molecule has 164 valence electrons. The molecule has 2 heterocycles. The van der Waals surface area contributed by atoms with Crippen LogP contribution in [0.2, 0.25) is 0 Å². The number of nitrogens with zero attached hydrogens (tertiary/aromatic N) is 1. The Balaban J connectivity index is 1.61. The maximum Gasteiger partial charge on any atom is 0.245 e. The molecule has 2 aliphatic rings. The van der Waals surface area contributed by atoms with Gasteiger partial charge in [-0.3, -0.25) is 14.4 Å². The van der Waals surface area contributed by atoms with E-state index in [4.69, 9.17) is 9.47 Å². The molecule has 1 aromatic carbocycles. The van der Waals surface area contributed by atoms with Gasteiger partial charge >= 0.3 is 0 Å². The van der Waals surface area contributed by atoms with E-state index in [1.54, 1.807) is 18.7 Å². The molecule has 3 amide bonds. The monoisotopic (exact) mass is 417 g/mol. The number of carbonyl (C=O) groups is 3. The van der Waals surface area contributed by atoms with Crippen LogP contribution in [0.15, 0.2) is 18.2 Å². The molecule has 3 rings (SSSR count). The Morgan fingerprint density at radius 3 is 2.57 bits per heavy atom. The normalized spacial score (nSPS) is 18.6. The van der Waals surface area contributed by atoms with Crippen LogP contribution in [0.3, 0.4) is 0 Å². The lowest BCUT2D eigenvalue weighted by atomic mass is 9.95. The smallest absolute Gasteiger partial charge is 0.245 e. The second-order valence-electron chi connectivity index (χ2n) is 8.55. The zero-order chi connectivity index (χ0) is 21.9. The van der Waals surface area contributed by atoms with Crippen molar-refractivity contribution in [3.8, 4) is 11.5 Å². The summed E-state index contributed by atoms with van der Waals surface area (Å²) < 4.78 is 11.2. The number of amides is 3. The number of nitrogens with one attached hydrogen (secondary N) is 2. The summed E-state index contributed by atoms with van der Waals surface area (Å²) in [4.78, 5) is 38.9. The lowest BCUT2D eigenvalue weighted by Gasteiger charge is -2.41. The third-order valence-corrected chi connectivity index (χ3v) is 5.63. The van der Waals surface area contributed by atoms with Crippen molar-refractivity contribution in [3.63, 3.8) is 0 Å². The van der Waals surface area contributed by atoms with E-state index >= 15 is 0 Å². The summed E-state index contributed by atoms with van der Waals surface area (Å²) in [6.45, 7) is 9.41. The molecule has 30 heavy (non-hydrogen) atoms. The number of rotatable bonds is 6. The van der Waals surface area contributed by atoms with Gasteiger partial charge in [0.05, 0.1) is 6.04 Å². The van der Waals surface area contributed by atoms with E-state index in [0.717, 1.165) is 5.56 Å². The molecule has 0 radical (unpaired) electrons. The van der Waals surface area contributed by atoms with E-state index in [-0.39, 0.29) is 42.5 Å². The Labute approximate surface area is 177 Å². The molecular formula is C22H31N3O5. The predicted octanol–water partition coefficient (Wildman–Crippen LogP) is 1.79. The van der Waals surface area contributed by atoms with Crippen LogP contribution in [0.1, 0.15) is 52.1 Å². The Hall–Kier alpha value is -2.77. The molecule has 8 nitrogen and oxygen atoms in total. The zero-order valence-electron chi connectivity index (χ0n) is 18.1. The summed E-state index contributed by atoms with van der Waals surface area (Å²) in [7, 11) is 0. The summed E-state index contributed by atoms with van der Waals surface area (Å²) in [6.07, 6.45) is 0.134. The summed E-state index contributed by atoms with van der Waals surface area (Å²) >= 11 is 0. The van der Waals surface area contributed by atoms with Gasteiger partial charge in [0.1, 0.15) is 18.8 Å². The highest BCUT2D eigenvalue weighted by Crippen LogP contribution is 2.34. The van der Waals surface area contributed by atoms with Gasteiger partial charge in [0.15, 0.2) is 11.5 Å². The van der Waals surface area contributed by atoms with Gasteiger partial charge in [-0.05, 0) is 37.5 Å². The quantitative estimate of drug-likeness (QED) is 0.736. The first kappa shape index (κ1) is 21.9. The van der Waals surface area contributed by atoms with Gasteiger partial charge in [0, 0.05) is 25.9 Å². The number of ether oxygens (including phenoxy) is 2. The second-order valence-corrected chi connectivity index (χ2v) is 8.55. The van der Waals surface area contributed by atoms with E-state index < -0.39 is 5.54 Å². The van der Waals surface area contributed by atoms with E-state index in [1.165, 1.54) is 0 Å². The third-order valence-electron chi connectivity index (χ3n) is 5.63. The fourth-order valence-corrected chi connectivity index (χ4v) is 3.83. The molecular weight excluding hydrogens is 386 g/mol. The van der Waals surface area contributed by atoms with Crippen molar-refractivity contribution in [2.45, 2.75) is 52.1 Å². The van der Waals surface area contributed by atoms with Crippen molar-refractivity contribution in [2.24, 2.45) is 5.92 Å². The molecule has 0 unspecified atom stereocenters. The van der Waals surface area contributed by atoms with Crippen LogP contribution in [0, 0.1) is 5.92 Å². The van der Waals surface area contributed by atoms with Gasteiger partial charge in [-0.15, -0.1) is 0 Å². The summed E-state index contributed by atoms with van der Waals surface area (Å²) in [6, 6.07) is 5.48. The molecule has 0 bridgehead atoms. The van der Waals surface area contributed by atoms with E-state index in [1.807, 2.05) is 32.0 Å². The van der Waals surface area contributed by atoms with E-state index in [2.05, 4.69) is 10.6 Å². The number of benzene rings is 1. The number of fused-ring (bicyclic) bond motifs is 1. The fraction of sp³-hybridized carbons (Fsp3) is 0.591. The first-order valence-corrected chi connectivity index (χ1v) is 10.5. The van der Waals surface area contributed by atoms with Gasteiger partial charge in [-0.25, -0.2) is 0 Å². The van der Waals surface area contributed by atoms with Gasteiger partial charge in [0.25, 0.3) is 0 Å². The number of carbonyl (C=O) groups excluding carboxylic acids is 3. The average Bonchev–Trinajstić information content (AvgIpc) is 2.71. The second kappa shape index (κ2) is 8.93. The molecule has 8 heteroatoms. The first-order valence-electron chi connectivity index (χ1n) is 10.5. The molecule has 2 aliphatic heterocycles. The van der Waals surface area contributed by atoms with Crippen LogP contribution < -0.4 is 20.1 Å². The van der Waals surface area contributed by atoms with Crippen LogP contribution >= 0.6 is 0 Å². The van der Waals surface area contributed by atoms with E-state index in [9.17, 15) is 14.4 Å². The molecule has 1 atom stereocenters. The van der Waals surface area contributed by atoms with Crippen molar-refractivity contribution < 1.29 is 23.9 Å². The minimum atomic E-state index is -0.905. The minimum absolute atomic E-state index is 0.0640. The largest absolute Gasteiger partial charge is 0.486 e. The fourth-order valence-electron chi connectivity index (χ4n) is 3.83. The molecule has 1 fully saturated rings. The highest BCUT2D eigenvalue weighted by Gasteiger charge is 2.40. The van der Waals surface area contributed by atoms with Crippen molar-refractivity contribution in [1.29, 1.82) is 0 Å². The zero-order valence-corrected chi connectivity index (χ0v) is 18.1. The van der Waals surface area contributed by atoms with Crippen LogP contribution in [-0.2, 0) is 14.4 Å². The van der Waals surface area contributed by atoms with Gasteiger partial charge < -0.3 is 25.0 Å². The Bertz CT molecular complexity index is 821. The van der Waals surface area contributed by atoms with Gasteiger partial charge in [-0.1, -0.05) is 19.9 Å². The summed E-state index contributed by atoms with van der Waals surface area (Å²) in [5, 5.41) is 5.81. The summed E-state index contributed by atoms with van der Waals surface area (Å²) in [5.41, 5.74) is 0.0278. The molecule has 2 N–H and O–H groups in total. The predicted molar refractivity (Wildman–Crippen MR) is 111 cm³/mol. The van der Waals surface area contributed by atoms with Crippen molar-refractivity contribution in [3.05, 3.63) is 23.8 Å². The minimum Gasteiger partial charge on any atom is -0.486 e. The Kier molecular flexibility index (Phi) is 6.53. The van der Waals surface area contributed by atoms with Crippen LogP contribution in [0.25, 0.3) is 0 Å². The van der Waals surface area contributed by atoms with E-state index in [0.29, 0.717) is 37.8 Å². The first-order chi connectivity index (χ1) is 14.2. The Morgan fingerprint density at radius 1 is 1.17 bits per heavy atom. The van der Waals surface area contributed by atoms with Crippen LogP contribution in [0.5, 0.6) is 11.5 Å². The molecule has 1 saturated heterocycles. The topological polar surface area (TPSA) is 97.0 Å². The van der Waals surface area contributed by atoms with Crippen LogP contribution in [0.4, 0.5) is 0 Å².